The molecule has 7 nitrogen and oxygen atoms in total. The van der Waals surface area contributed by atoms with E-state index in [-0.39, 0.29) is 22.8 Å². The summed E-state index contributed by atoms with van der Waals surface area (Å²) in [6.07, 6.45) is 0. The van der Waals surface area contributed by atoms with Crippen molar-refractivity contribution in [1.82, 2.24) is 0 Å². The molecule has 0 aliphatic rings. The Kier molecular flexibility index (Phi) is 6.51. The molecule has 2 rings (SSSR count). The highest BCUT2D eigenvalue weighted by molar-refractivity contribution is 7.92. The Morgan fingerprint density at radius 1 is 1.04 bits per heavy atom. The van der Waals surface area contributed by atoms with E-state index in [0.717, 1.165) is 28.6 Å². The average molecular weight is 395 g/mol. The maximum absolute atomic E-state index is 13.1. The molecule has 2 aromatic carbocycles. The monoisotopic (exact) mass is 395 g/mol. The number of benzene rings is 2. The molecule has 2 aromatic rings. The molecule has 144 valence electrons. The van der Waals surface area contributed by atoms with Gasteiger partial charge in [-0.1, -0.05) is 0 Å². The number of rotatable bonds is 7. The second-order valence-electron chi connectivity index (χ2n) is 5.31. The minimum Gasteiger partial charge on any atom is -0.465 e. The Hall–Kier alpha value is -2.94. The number of hydrogen-bond acceptors (Lipinski definition) is 6. The van der Waals surface area contributed by atoms with Crippen LogP contribution in [-0.4, -0.2) is 40.6 Å². The summed E-state index contributed by atoms with van der Waals surface area (Å²) in [7, 11) is -2.95. The molecule has 27 heavy (non-hydrogen) atoms. The van der Waals surface area contributed by atoms with Crippen molar-refractivity contribution in [2.45, 2.75) is 11.8 Å². The molecule has 0 bridgehead atoms. The highest BCUT2D eigenvalue weighted by Crippen LogP contribution is 2.24. The van der Waals surface area contributed by atoms with E-state index >= 15 is 0 Å². The Bertz CT molecular complexity index is 910. The van der Waals surface area contributed by atoms with Crippen LogP contribution in [0.15, 0.2) is 53.4 Å². The fraction of sp³-hybridized carbons (Fsp3) is 0.222. The van der Waals surface area contributed by atoms with Gasteiger partial charge in [0.15, 0.2) is 0 Å². The topological polar surface area (TPSA) is 90.0 Å². The van der Waals surface area contributed by atoms with Crippen molar-refractivity contribution in [1.29, 1.82) is 0 Å². The van der Waals surface area contributed by atoms with E-state index in [0.29, 0.717) is 0 Å². The van der Waals surface area contributed by atoms with Gasteiger partial charge < -0.3 is 9.47 Å². The van der Waals surface area contributed by atoms with E-state index in [1.54, 1.807) is 6.92 Å². The third-order valence-corrected chi connectivity index (χ3v) is 5.34. The van der Waals surface area contributed by atoms with Gasteiger partial charge in [0.1, 0.15) is 12.4 Å². The largest absolute Gasteiger partial charge is 0.465 e. The summed E-state index contributed by atoms with van der Waals surface area (Å²) in [5.41, 5.74) is 0.358. The normalized spacial score (nSPS) is 10.9. The molecular weight excluding hydrogens is 377 g/mol. The van der Waals surface area contributed by atoms with Crippen LogP contribution in [0.4, 0.5) is 10.1 Å². The lowest BCUT2D eigenvalue weighted by atomic mass is 10.2. The number of carbonyl (C=O) groups excluding carboxylic acids is 2. The van der Waals surface area contributed by atoms with Crippen molar-refractivity contribution in [3.63, 3.8) is 0 Å². The molecule has 9 heteroatoms. The number of hydrogen-bond donors (Lipinski definition) is 0. The van der Waals surface area contributed by atoms with Crippen LogP contribution in [0.25, 0.3) is 0 Å². The van der Waals surface area contributed by atoms with Crippen LogP contribution >= 0.6 is 0 Å². The van der Waals surface area contributed by atoms with Gasteiger partial charge in [0.25, 0.3) is 10.0 Å². The third kappa shape index (κ3) is 4.82. The van der Waals surface area contributed by atoms with E-state index in [1.165, 1.54) is 31.4 Å². The van der Waals surface area contributed by atoms with Crippen molar-refractivity contribution in [3.05, 3.63) is 59.9 Å². The van der Waals surface area contributed by atoms with Crippen molar-refractivity contribution in [3.8, 4) is 0 Å². The molecule has 0 spiro atoms. The van der Waals surface area contributed by atoms with Crippen LogP contribution in [0.5, 0.6) is 0 Å². The predicted octanol–water partition coefficient (Wildman–Crippen LogP) is 2.37. The summed E-state index contributed by atoms with van der Waals surface area (Å²) >= 11 is 0. The number of esters is 2. The lowest BCUT2D eigenvalue weighted by molar-refractivity contribution is -0.141. The van der Waals surface area contributed by atoms with Gasteiger partial charge in [-0.3, -0.25) is 9.10 Å². The first-order chi connectivity index (χ1) is 12.8. The van der Waals surface area contributed by atoms with Crippen LogP contribution in [0.3, 0.4) is 0 Å². The number of ether oxygens (including phenoxy) is 2. The highest BCUT2D eigenvalue weighted by atomic mass is 32.2. The number of carbonyl (C=O) groups is 2. The zero-order chi connectivity index (χ0) is 20.0. The third-order valence-electron chi connectivity index (χ3n) is 3.56. The van der Waals surface area contributed by atoms with E-state index in [1.807, 2.05) is 0 Å². The first-order valence-corrected chi connectivity index (χ1v) is 9.36. The molecular formula is C18H18FNO6S. The molecule has 0 saturated carbocycles. The van der Waals surface area contributed by atoms with Crippen molar-refractivity contribution < 1.29 is 31.9 Å². The number of sulfonamides is 1. The second kappa shape index (κ2) is 8.63. The molecule has 0 aliphatic heterocycles. The summed E-state index contributed by atoms with van der Waals surface area (Å²) in [6.45, 7) is 1.11. The Labute approximate surface area is 156 Å². The molecule has 0 radical (unpaired) electrons. The number of anilines is 1. The van der Waals surface area contributed by atoms with Gasteiger partial charge >= 0.3 is 11.9 Å². The predicted molar refractivity (Wildman–Crippen MR) is 95.3 cm³/mol. The van der Waals surface area contributed by atoms with E-state index in [9.17, 15) is 22.4 Å². The lowest BCUT2D eigenvalue weighted by Crippen LogP contribution is -2.36. The minimum absolute atomic E-state index is 0.0878. The fourth-order valence-electron chi connectivity index (χ4n) is 2.25. The maximum atomic E-state index is 13.1. The van der Waals surface area contributed by atoms with Crippen LogP contribution in [0, 0.1) is 5.82 Å². The zero-order valence-corrected chi connectivity index (χ0v) is 15.5. The van der Waals surface area contributed by atoms with Gasteiger partial charge in [0.05, 0.1) is 29.9 Å². The standard InChI is InChI=1S/C18H18FNO6S/c1-3-26-17(21)12-20(15-8-4-13(5-9-15)18(22)25-2)27(23,24)16-10-6-14(19)7-11-16/h4-11H,3,12H2,1-2H3. The van der Waals surface area contributed by atoms with Crippen LogP contribution < -0.4 is 4.31 Å². The quantitative estimate of drug-likeness (QED) is 0.669. The van der Waals surface area contributed by atoms with Crippen molar-refractivity contribution in [2.24, 2.45) is 0 Å². The van der Waals surface area contributed by atoms with Gasteiger partial charge in [-0.05, 0) is 55.5 Å². The minimum atomic E-state index is -4.17. The molecule has 0 atom stereocenters. The molecule has 0 aromatic heterocycles. The Morgan fingerprint density at radius 3 is 2.15 bits per heavy atom. The van der Waals surface area contributed by atoms with Gasteiger partial charge in [-0.2, -0.15) is 0 Å². The molecule has 0 fully saturated rings. The highest BCUT2D eigenvalue weighted by Gasteiger charge is 2.28. The van der Waals surface area contributed by atoms with E-state index < -0.39 is 34.3 Å². The van der Waals surface area contributed by atoms with Gasteiger partial charge in [0, 0.05) is 0 Å². The van der Waals surface area contributed by atoms with E-state index in [2.05, 4.69) is 4.74 Å². The number of halogens is 1. The summed E-state index contributed by atoms with van der Waals surface area (Å²) in [5, 5.41) is 0. The molecule has 0 heterocycles. The fourth-order valence-corrected chi connectivity index (χ4v) is 3.66. The van der Waals surface area contributed by atoms with Gasteiger partial charge in [-0.15, -0.1) is 0 Å². The summed E-state index contributed by atoms with van der Waals surface area (Å²) in [4.78, 5) is 23.3. The Morgan fingerprint density at radius 2 is 1.63 bits per heavy atom. The molecule has 0 N–H and O–H groups in total. The lowest BCUT2D eigenvalue weighted by Gasteiger charge is -2.23. The van der Waals surface area contributed by atoms with Crippen molar-refractivity contribution >= 4 is 27.6 Å². The first-order valence-electron chi connectivity index (χ1n) is 7.92. The molecule has 0 unspecified atom stereocenters. The van der Waals surface area contributed by atoms with Gasteiger partial charge in [0.2, 0.25) is 0 Å². The number of methoxy groups -OCH3 is 1. The SMILES string of the molecule is CCOC(=O)CN(c1ccc(C(=O)OC)cc1)S(=O)(=O)c1ccc(F)cc1. The zero-order valence-electron chi connectivity index (χ0n) is 14.7. The number of nitrogens with zero attached hydrogens (tertiary/aromatic N) is 1. The first kappa shape index (κ1) is 20.4. The average Bonchev–Trinajstić information content (AvgIpc) is 2.66. The maximum Gasteiger partial charge on any atom is 0.337 e. The second-order valence-corrected chi connectivity index (χ2v) is 7.17. The summed E-state index contributed by atoms with van der Waals surface area (Å²) in [5.74, 6) is -1.92. The molecule has 0 saturated heterocycles. The smallest absolute Gasteiger partial charge is 0.337 e. The van der Waals surface area contributed by atoms with Crippen LogP contribution in [0.1, 0.15) is 17.3 Å². The summed E-state index contributed by atoms with van der Waals surface area (Å²) in [6, 6.07) is 9.71. The van der Waals surface area contributed by atoms with Gasteiger partial charge in [-0.25, -0.2) is 17.6 Å². The molecule has 0 amide bonds. The van der Waals surface area contributed by atoms with Crippen LogP contribution in [0.2, 0.25) is 0 Å². The summed E-state index contributed by atoms with van der Waals surface area (Å²) < 4.78 is 49.3. The van der Waals surface area contributed by atoms with E-state index in [4.69, 9.17) is 4.74 Å². The Balaban J connectivity index is 2.46. The van der Waals surface area contributed by atoms with Crippen molar-refractivity contribution in [2.75, 3.05) is 24.6 Å². The molecule has 0 aliphatic carbocycles. The van der Waals surface area contributed by atoms with Crippen LogP contribution in [-0.2, 0) is 24.3 Å².